The number of amides is 1. The van der Waals surface area contributed by atoms with Gasteiger partial charge in [0, 0.05) is 0 Å². The highest BCUT2D eigenvalue weighted by molar-refractivity contribution is 7.80. The average molecular weight is 143 g/mol. The van der Waals surface area contributed by atoms with E-state index in [-0.39, 0.29) is 11.1 Å². The van der Waals surface area contributed by atoms with E-state index in [1.807, 2.05) is 0 Å². The minimum Gasteiger partial charge on any atom is -0.453 e. The predicted octanol–water partition coefficient (Wildman–Crippen LogP) is -0.0277. The number of rotatable bonds is 1. The summed E-state index contributed by atoms with van der Waals surface area (Å²) >= 11 is 4.54. The van der Waals surface area contributed by atoms with E-state index >= 15 is 0 Å². The lowest BCUT2D eigenvalue weighted by Crippen LogP contribution is -2.22. The van der Waals surface area contributed by atoms with Crippen molar-refractivity contribution >= 4 is 23.3 Å². The number of hydrogen-bond acceptors (Lipinski definition) is 3. The molecule has 0 spiro atoms. The molecule has 0 aromatic heterocycles. The summed E-state index contributed by atoms with van der Waals surface area (Å²) in [6.45, 7) is 3.38. The van der Waals surface area contributed by atoms with E-state index in [0.717, 1.165) is 0 Å². The van der Waals surface area contributed by atoms with Crippen molar-refractivity contribution in [1.29, 1.82) is 0 Å². The maximum absolute atomic E-state index is 10.6. The van der Waals surface area contributed by atoms with Gasteiger partial charge in [-0.3, -0.25) is 10.1 Å². The maximum Gasteiger partial charge on any atom is 0.272 e. The largest absolute Gasteiger partial charge is 0.453 e. The quantitative estimate of drug-likeness (QED) is 0.414. The van der Waals surface area contributed by atoms with E-state index in [1.54, 1.807) is 0 Å². The minimum absolute atomic E-state index is 0.130. The highest BCUT2D eigenvalue weighted by atomic mass is 32.1. The van der Waals surface area contributed by atoms with Gasteiger partial charge in [0.15, 0.2) is 6.10 Å². The van der Waals surface area contributed by atoms with Gasteiger partial charge in [0.25, 0.3) is 11.1 Å². The molecule has 0 aromatic carbocycles. The molecule has 1 aliphatic rings. The van der Waals surface area contributed by atoms with Crippen molar-refractivity contribution in [1.82, 2.24) is 5.32 Å². The first-order valence-electron chi connectivity index (χ1n) is 2.38. The third-order valence-electron chi connectivity index (χ3n) is 0.932. The summed E-state index contributed by atoms with van der Waals surface area (Å²) in [5.41, 5.74) is 0. The fraction of sp³-hybridized carbons (Fsp3) is 0.200. The standard InChI is InChI=1S/C5H5NO2S/c1-2-3-4(7)6-5(9)8-3/h2-3H,1H2,(H,6,7,9). The van der Waals surface area contributed by atoms with Gasteiger partial charge >= 0.3 is 0 Å². The van der Waals surface area contributed by atoms with Gasteiger partial charge in [-0.05, 0) is 18.3 Å². The second-order valence-electron chi connectivity index (χ2n) is 1.55. The Bertz CT molecular complexity index is 178. The van der Waals surface area contributed by atoms with E-state index in [9.17, 15) is 4.79 Å². The molecule has 1 aliphatic heterocycles. The molecule has 3 nitrogen and oxygen atoms in total. The molecule has 48 valence electrons. The number of ether oxygens (including phenoxy) is 1. The maximum atomic E-state index is 10.6. The number of thiocarbonyl (C=S) groups is 1. The molecule has 1 atom stereocenters. The Hall–Kier alpha value is -0.900. The third-order valence-corrected chi connectivity index (χ3v) is 1.13. The van der Waals surface area contributed by atoms with Crippen molar-refractivity contribution in [3.63, 3.8) is 0 Å². The first-order chi connectivity index (χ1) is 4.24. The van der Waals surface area contributed by atoms with Crippen LogP contribution in [0.25, 0.3) is 0 Å². The summed E-state index contributed by atoms with van der Waals surface area (Å²) in [4.78, 5) is 10.6. The zero-order chi connectivity index (χ0) is 6.85. The summed E-state index contributed by atoms with van der Waals surface area (Å²) in [6, 6.07) is 0. The molecule has 0 aromatic rings. The molecule has 1 saturated heterocycles. The minimum atomic E-state index is -0.586. The summed E-state index contributed by atoms with van der Waals surface area (Å²) in [5.74, 6) is -0.241. The van der Waals surface area contributed by atoms with Crippen LogP contribution in [-0.4, -0.2) is 17.2 Å². The van der Waals surface area contributed by atoms with Crippen molar-refractivity contribution < 1.29 is 9.53 Å². The molecule has 1 rings (SSSR count). The lowest BCUT2D eigenvalue weighted by molar-refractivity contribution is -0.121. The zero-order valence-corrected chi connectivity index (χ0v) is 5.40. The van der Waals surface area contributed by atoms with Crippen LogP contribution in [0.1, 0.15) is 0 Å². The van der Waals surface area contributed by atoms with Crippen LogP contribution in [0, 0.1) is 0 Å². The molecule has 1 fully saturated rings. The number of carbonyl (C=O) groups excluding carboxylic acids is 1. The van der Waals surface area contributed by atoms with Crippen LogP contribution in [0.2, 0.25) is 0 Å². The Kier molecular flexibility index (Phi) is 1.48. The van der Waals surface area contributed by atoms with Crippen molar-refractivity contribution in [3.05, 3.63) is 12.7 Å². The molecule has 4 heteroatoms. The van der Waals surface area contributed by atoms with Crippen molar-refractivity contribution in [2.75, 3.05) is 0 Å². The van der Waals surface area contributed by atoms with Crippen molar-refractivity contribution in [2.45, 2.75) is 6.10 Å². The fourth-order valence-corrected chi connectivity index (χ4v) is 0.729. The van der Waals surface area contributed by atoms with E-state index < -0.39 is 6.10 Å². The lowest BCUT2D eigenvalue weighted by atomic mass is 10.3. The predicted molar refractivity (Wildman–Crippen MR) is 35.8 cm³/mol. The van der Waals surface area contributed by atoms with E-state index in [0.29, 0.717) is 0 Å². The smallest absolute Gasteiger partial charge is 0.272 e. The summed E-state index contributed by atoms with van der Waals surface area (Å²) < 4.78 is 4.78. The third kappa shape index (κ3) is 1.08. The van der Waals surface area contributed by atoms with Crippen LogP contribution in [0.4, 0.5) is 0 Å². The highest BCUT2D eigenvalue weighted by Crippen LogP contribution is 2.01. The molecule has 1 amide bonds. The Morgan fingerprint density at radius 3 is 2.78 bits per heavy atom. The topological polar surface area (TPSA) is 38.3 Å². The van der Waals surface area contributed by atoms with Crippen molar-refractivity contribution in [2.24, 2.45) is 0 Å². The first kappa shape index (κ1) is 6.22. The number of hydrogen-bond donors (Lipinski definition) is 1. The molecule has 0 radical (unpaired) electrons. The molecule has 9 heavy (non-hydrogen) atoms. The Labute approximate surface area is 57.7 Å². The van der Waals surface area contributed by atoms with Crippen LogP contribution < -0.4 is 5.32 Å². The molecular formula is C5H5NO2S. The Morgan fingerprint density at radius 2 is 2.56 bits per heavy atom. The summed E-state index contributed by atoms with van der Waals surface area (Å²) in [6.07, 6.45) is 0.812. The molecule has 1 N–H and O–H groups in total. The van der Waals surface area contributed by atoms with Crippen LogP contribution in [-0.2, 0) is 9.53 Å². The van der Waals surface area contributed by atoms with Gasteiger partial charge in [0.1, 0.15) is 0 Å². The van der Waals surface area contributed by atoms with Gasteiger partial charge in [0.05, 0.1) is 0 Å². The van der Waals surface area contributed by atoms with Crippen LogP contribution in [0.5, 0.6) is 0 Å². The van der Waals surface area contributed by atoms with Gasteiger partial charge in [-0.25, -0.2) is 0 Å². The zero-order valence-electron chi connectivity index (χ0n) is 4.59. The molecular weight excluding hydrogens is 138 g/mol. The molecule has 0 bridgehead atoms. The molecule has 0 saturated carbocycles. The normalized spacial score (nSPS) is 25.1. The van der Waals surface area contributed by atoms with E-state index in [1.165, 1.54) is 6.08 Å². The van der Waals surface area contributed by atoms with Gasteiger partial charge in [-0.1, -0.05) is 6.58 Å². The van der Waals surface area contributed by atoms with Gasteiger partial charge in [-0.15, -0.1) is 0 Å². The first-order valence-corrected chi connectivity index (χ1v) is 2.79. The van der Waals surface area contributed by atoms with Crippen molar-refractivity contribution in [3.8, 4) is 0 Å². The summed E-state index contributed by atoms with van der Waals surface area (Å²) in [7, 11) is 0. The fourth-order valence-electron chi connectivity index (χ4n) is 0.525. The van der Waals surface area contributed by atoms with Crippen LogP contribution in [0.15, 0.2) is 12.7 Å². The van der Waals surface area contributed by atoms with E-state index in [2.05, 4.69) is 24.1 Å². The van der Waals surface area contributed by atoms with Crippen LogP contribution in [0.3, 0.4) is 0 Å². The summed E-state index contributed by atoms with van der Waals surface area (Å²) in [5, 5.41) is 2.45. The lowest BCUT2D eigenvalue weighted by Gasteiger charge is -1.95. The molecule has 1 heterocycles. The second-order valence-corrected chi connectivity index (χ2v) is 1.92. The monoisotopic (exact) mass is 143 g/mol. The SMILES string of the molecule is C=CC1OC(=S)NC1=O. The molecule has 0 aliphatic carbocycles. The van der Waals surface area contributed by atoms with E-state index in [4.69, 9.17) is 4.74 Å². The Balaban J connectivity index is 2.68. The van der Waals surface area contributed by atoms with Gasteiger partial charge in [0.2, 0.25) is 0 Å². The second kappa shape index (κ2) is 2.14. The number of nitrogens with one attached hydrogen (secondary N) is 1. The van der Waals surface area contributed by atoms with Gasteiger partial charge < -0.3 is 4.74 Å². The average Bonchev–Trinajstić information content (AvgIpc) is 2.10. The number of carbonyl (C=O) groups is 1. The van der Waals surface area contributed by atoms with Gasteiger partial charge in [-0.2, -0.15) is 0 Å². The Morgan fingerprint density at radius 1 is 1.89 bits per heavy atom. The molecule has 1 unspecified atom stereocenters. The van der Waals surface area contributed by atoms with Crippen LogP contribution >= 0.6 is 12.2 Å². The highest BCUT2D eigenvalue weighted by Gasteiger charge is 2.25.